The monoisotopic (exact) mass is 412 g/mol. The standard InChI is InChI=1S/C24H32N2O2S/c1-24(2,3)18-7-5-16(6-8-18)13-17-11-12-29-22(17)26(4)23(27)28-21-14-19-9-10-20(15-21)25-19/h5-8,11-12,19-21,25H,9-10,13-15H2,1-4H3. The molecule has 2 unspecified atom stereocenters. The molecule has 4 rings (SSSR count). The molecule has 1 aromatic carbocycles. The molecule has 0 aliphatic carbocycles. The Morgan fingerprint density at radius 1 is 1.14 bits per heavy atom. The zero-order chi connectivity index (χ0) is 20.6. The molecule has 3 heterocycles. The van der Waals surface area contributed by atoms with E-state index in [0.717, 1.165) is 24.3 Å². The average Bonchev–Trinajstić information content (AvgIpc) is 3.26. The average molecular weight is 413 g/mol. The van der Waals surface area contributed by atoms with Gasteiger partial charge in [0.2, 0.25) is 0 Å². The number of carbonyl (C=O) groups is 1. The van der Waals surface area contributed by atoms with Crippen molar-refractivity contribution in [3.05, 3.63) is 52.4 Å². The van der Waals surface area contributed by atoms with Gasteiger partial charge in [-0.2, -0.15) is 0 Å². The van der Waals surface area contributed by atoms with E-state index in [1.54, 1.807) is 16.2 Å². The van der Waals surface area contributed by atoms with Gasteiger partial charge in [0.25, 0.3) is 0 Å². The number of benzene rings is 1. The van der Waals surface area contributed by atoms with E-state index in [0.29, 0.717) is 12.1 Å². The van der Waals surface area contributed by atoms with Crippen LogP contribution in [0, 0.1) is 0 Å². The second-order valence-corrected chi connectivity index (χ2v) is 10.4. The third-order valence-electron chi connectivity index (χ3n) is 6.21. The van der Waals surface area contributed by atoms with E-state index in [9.17, 15) is 4.79 Å². The van der Waals surface area contributed by atoms with Crippen LogP contribution in [0.25, 0.3) is 0 Å². The van der Waals surface area contributed by atoms with E-state index in [2.05, 4.69) is 61.8 Å². The van der Waals surface area contributed by atoms with Crippen molar-refractivity contribution in [2.75, 3.05) is 11.9 Å². The lowest BCUT2D eigenvalue weighted by Crippen LogP contribution is -2.43. The van der Waals surface area contributed by atoms with Crippen LogP contribution in [0.2, 0.25) is 0 Å². The predicted octanol–water partition coefficient (Wildman–Crippen LogP) is 5.49. The molecule has 2 aliphatic heterocycles. The van der Waals surface area contributed by atoms with Crippen LogP contribution >= 0.6 is 11.3 Å². The molecule has 2 saturated heterocycles. The van der Waals surface area contributed by atoms with Gasteiger partial charge in [-0.05, 0) is 59.2 Å². The lowest BCUT2D eigenvalue weighted by molar-refractivity contribution is 0.0731. The molecule has 29 heavy (non-hydrogen) atoms. The number of hydrogen-bond donors (Lipinski definition) is 1. The van der Waals surface area contributed by atoms with Gasteiger partial charge >= 0.3 is 6.09 Å². The number of piperidine rings is 1. The summed E-state index contributed by atoms with van der Waals surface area (Å²) in [6, 6.07) is 12.0. The first-order valence-corrected chi connectivity index (χ1v) is 11.5. The van der Waals surface area contributed by atoms with Crippen molar-refractivity contribution in [1.29, 1.82) is 0 Å². The third kappa shape index (κ3) is 4.67. The second-order valence-electron chi connectivity index (χ2n) is 9.55. The minimum absolute atomic E-state index is 0.0389. The van der Waals surface area contributed by atoms with E-state index in [1.165, 1.54) is 29.5 Å². The van der Waals surface area contributed by atoms with E-state index in [1.807, 2.05) is 7.05 Å². The summed E-state index contributed by atoms with van der Waals surface area (Å²) >= 11 is 1.60. The fraction of sp³-hybridized carbons (Fsp3) is 0.542. The molecule has 0 radical (unpaired) electrons. The summed E-state index contributed by atoms with van der Waals surface area (Å²) in [6.45, 7) is 6.69. The lowest BCUT2D eigenvalue weighted by Gasteiger charge is -2.30. The molecule has 2 aliphatic rings. The van der Waals surface area contributed by atoms with Crippen molar-refractivity contribution in [1.82, 2.24) is 5.32 Å². The number of carbonyl (C=O) groups excluding carboxylic acids is 1. The summed E-state index contributed by atoms with van der Waals surface area (Å²) in [4.78, 5) is 14.5. The molecule has 5 heteroatoms. The van der Waals surface area contributed by atoms with Gasteiger partial charge in [-0.1, -0.05) is 45.0 Å². The Morgan fingerprint density at radius 2 is 1.79 bits per heavy atom. The minimum atomic E-state index is -0.233. The van der Waals surface area contributed by atoms with Gasteiger partial charge in [-0.3, -0.25) is 4.90 Å². The van der Waals surface area contributed by atoms with Crippen LogP contribution in [0.1, 0.15) is 63.1 Å². The number of rotatable bonds is 4. The highest BCUT2D eigenvalue weighted by Gasteiger charge is 2.36. The smallest absolute Gasteiger partial charge is 0.414 e. The Hall–Kier alpha value is -1.85. The van der Waals surface area contributed by atoms with Crippen molar-refractivity contribution in [3.8, 4) is 0 Å². The van der Waals surface area contributed by atoms with Crippen LogP contribution in [0.4, 0.5) is 9.80 Å². The molecule has 2 bridgehead atoms. The summed E-state index contributed by atoms with van der Waals surface area (Å²) < 4.78 is 5.87. The predicted molar refractivity (Wildman–Crippen MR) is 120 cm³/mol. The molecule has 1 N–H and O–H groups in total. The van der Waals surface area contributed by atoms with Crippen LogP contribution in [0.5, 0.6) is 0 Å². The quantitative estimate of drug-likeness (QED) is 0.722. The molecule has 4 nitrogen and oxygen atoms in total. The number of fused-ring (bicyclic) bond motifs is 2. The minimum Gasteiger partial charge on any atom is -0.446 e. The number of hydrogen-bond acceptors (Lipinski definition) is 4. The van der Waals surface area contributed by atoms with Crippen LogP contribution in [0.3, 0.4) is 0 Å². The maximum atomic E-state index is 12.8. The highest BCUT2D eigenvalue weighted by molar-refractivity contribution is 7.14. The van der Waals surface area contributed by atoms with Gasteiger partial charge in [0.1, 0.15) is 11.1 Å². The summed E-state index contributed by atoms with van der Waals surface area (Å²) in [5.41, 5.74) is 3.92. The molecule has 2 aromatic rings. The van der Waals surface area contributed by atoms with E-state index < -0.39 is 0 Å². The maximum Gasteiger partial charge on any atom is 0.414 e. The number of ether oxygens (including phenoxy) is 1. The zero-order valence-electron chi connectivity index (χ0n) is 17.9. The van der Waals surface area contributed by atoms with Crippen LogP contribution in [-0.4, -0.2) is 31.3 Å². The summed E-state index contributed by atoms with van der Waals surface area (Å²) in [7, 11) is 1.83. The zero-order valence-corrected chi connectivity index (χ0v) is 18.7. The first kappa shape index (κ1) is 20.4. The van der Waals surface area contributed by atoms with E-state index >= 15 is 0 Å². The Balaban J connectivity index is 1.40. The van der Waals surface area contributed by atoms with Gasteiger partial charge in [-0.15, -0.1) is 11.3 Å². The SMILES string of the molecule is CN(C(=O)OC1CC2CCC(C1)N2)c1sccc1Cc1ccc(C(C)(C)C)cc1. The van der Waals surface area contributed by atoms with Gasteiger partial charge in [0.05, 0.1) is 0 Å². The number of thiophene rings is 1. The van der Waals surface area contributed by atoms with Gasteiger partial charge in [0.15, 0.2) is 0 Å². The highest BCUT2D eigenvalue weighted by Crippen LogP contribution is 2.32. The topological polar surface area (TPSA) is 41.6 Å². The van der Waals surface area contributed by atoms with E-state index in [-0.39, 0.29) is 17.6 Å². The largest absolute Gasteiger partial charge is 0.446 e. The molecule has 1 amide bonds. The van der Waals surface area contributed by atoms with Crippen LogP contribution in [0.15, 0.2) is 35.7 Å². The number of nitrogens with one attached hydrogen (secondary N) is 1. The Kier molecular flexibility index (Phi) is 5.71. The van der Waals surface area contributed by atoms with Crippen molar-refractivity contribution < 1.29 is 9.53 Å². The van der Waals surface area contributed by atoms with Gasteiger partial charge < -0.3 is 10.1 Å². The summed E-state index contributed by atoms with van der Waals surface area (Å²) in [5, 5.41) is 6.63. The fourth-order valence-electron chi connectivity index (χ4n) is 4.50. The maximum absolute atomic E-state index is 12.8. The Morgan fingerprint density at radius 3 is 2.41 bits per heavy atom. The number of nitrogens with zero attached hydrogens (tertiary/aromatic N) is 1. The number of anilines is 1. The van der Waals surface area contributed by atoms with Crippen molar-refractivity contribution in [2.45, 2.75) is 76.5 Å². The molecular formula is C24H32N2O2S. The van der Waals surface area contributed by atoms with Gasteiger partial charge in [-0.25, -0.2) is 4.79 Å². The molecule has 0 saturated carbocycles. The molecule has 1 aromatic heterocycles. The van der Waals surface area contributed by atoms with Crippen molar-refractivity contribution in [3.63, 3.8) is 0 Å². The van der Waals surface area contributed by atoms with E-state index in [4.69, 9.17) is 4.74 Å². The summed E-state index contributed by atoms with van der Waals surface area (Å²) in [5.74, 6) is 0. The fourth-order valence-corrected chi connectivity index (χ4v) is 5.39. The van der Waals surface area contributed by atoms with Crippen LogP contribution < -0.4 is 10.2 Å². The molecule has 2 atom stereocenters. The summed E-state index contributed by atoms with van der Waals surface area (Å²) in [6.07, 6.45) is 4.91. The van der Waals surface area contributed by atoms with Crippen molar-refractivity contribution >= 4 is 22.4 Å². The molecular weight excluding hydrogens is 380 g/mol. The first-order valence-electron chi connectivity index (χ1n) is 10.7. The molecule has 2 fully saturated rings. The highest BCUT2D eigenvalue weighted by atomic mass is 32.1. The molecule has 156 valence electrons. The normalized spacial score (nSPS) is 23.8. The Bertz CT molecular complexity index is 841. The lowest BCUT2D eigenvalue weighted by atomic mass is 9.86. The van der Waals surface area contributed by atoms with Crippen LogP contribution in [-0.2, 0) is 16.6 Å². The van der Waals surface area contributed by atoms with Crippen molar-refractivity contribution in [2.24, 2.45) is 0 Å². The number of amides is 1. The third-order valence-corrected chi connectivity index (χ3v) is 7.25. The van der Waals surface area contributed by atoms with Gasteiger partial charge in [0, 0.05) is 25.6 Å². The first-order chi connectivity index (χ1) is 13.8. The Labute approximate surface area is 178 Å². The molecule has 0 spiro atoms. The second kappa shape index (κ2) is 8.11.